The summed E-state index contributed by atoms with van der Waals surface area (Å²) < 4.78 is 4.93. The number of hydrogen-bond donors (Lipinski definition) is 1. The monoisotopic (exact) mass is 309 g/mol. The molecule has 0 aliphatic heterocycles. The minimum atomic E-state index is -0.444. The number of nitrogens with zero attached hydrogens (tertiary/aromatic N) is 2. The molecule has 1 aromatic carbocycles. The molecule has 0 spiro atoms. The highest BCUT2D eigenvalue weighted by Crippen LogP contribution is 2.32. The molecular formula is C18H19N3O2. The first kappa shape index (κ1) is 15.1. The number of carbonyl (C=O) groups excluding carboxylic acids is 1. The van der Waals surface area contributed by atoms with Gasteiger partial charge in [-0.2, -0.15) is 5.10 Å². The molecule has 1 atom stereocenters. The Balaban J connectivity index is 2.04. The lowest BCUT2D eigenvalue weighted by atomic mass is 10.1. The van der Waals surface area contributed by atoms with Crippen molar-refractivity contribution in [3.05, 3.63) is 60.8 Å². The van der Waals surface area contributed by atoms with Gasteiger partial charge in [0.2, 0.25) is 0 Å². The van der Waals surface area contributed by atoms with Crippen LogP contribution in [0, 0.1) is 0 Å². The van der Waals surface area contributed by atoms with Crippen molar-refractivity contribution < 1.29 is 9.53 Å². The molecule has 0 unspecified atom stereocenters. The van der Waals surface area contributed by atoms with Gasteiger partial charge in [-0.05, 0) is 12.5 Å². The Bertz CT molecular complexity index is 722. The number of anilines is 1. The maximum absolute atomic E-state index is 12.1. The van der Waals surface area contributed by atoms with Gasteiger partial charge in [-0.1, -0.05) is 54.6 Å². The molecule has 5 heteroatoms. The van der Waals surface area contributed by atoms with Gasteiger partial charge in [0.15, 0.2) is 0 Å². The zero-order valence-electron chi connectivity index (χ0n) is 13.1. The molecule has 5 nitrogen and oxygen atoms in total. The van der Waals surface area contributed by atoms with Crippen LogP contribution < -0.4 is 4.90 Å². The van der Waals surface area contributed by atoms with Gasteiger partial charge in [0.25, 0.3) is 0 Å². The third kappa shape index (κ3) is 2.90. The SMILES string of the molecule is COC(=O)[C@H](C)N(c1[nH]ncc1-c1ccccc1)C1C=CC=C1. The van der Waals surface area contributed by atoms with E-state index in [2.05, 4.69) is 10.2 Å². The van der Waals surface area contributed by atoms with Crippen LogP contribution in [0.1, 0.15) is 6.92 Å². The molecular weight excluding hydrogens is 290 g/mol. The fourth-order valence-electron chi connectivity index (χ4n) is 2.80. The molecule has 2 aromatic rings. The smallest absolute Gasteiger partial charge is 0.328 e. The fraction of sp³-hybridized carbons (Fsp3) is 0.222. The lowest BCUT2D eigenvalue weighted by Crippen LogP contribution is -2.45. The van der Waals surface area contributed by atoms with Crippen molar-refractivity contribution in [2.45, 2.75) is 19.0 Å². The van der Waals surface area contributed by atoms with Crippen molar-refractivity contribution in [3.8, 4) is 11.1 Å². The standard InChI is InChI=1S/C18H19N3O2/c1-13(18(22)23-2)21(15-10-6-7-11-15)17-16(12-19-20-17)14-8-4-3-5-9-14/h3-13,15H,1-2H3,(H,19,20)/t13-/m0/s1. The Kier molecular flexibility index (Phi) is 4.28. The number of carbonyl (C=O) groups is 1. The van der Waals surface area contributed by atoms with Gasteiger partial charge < -0.3 is 9.64 Å². The third-order valence-corrected chi connectivity index (χ3v) is 3.97. The molecule has 1 N–H and O–H groups in total. The summed E-state index contributed by atoms with van der Waals surface area (Å²) in [6.07, 6.45) is 9.80. The van der Waals surface area contributed by atoms with Crippen LogP contribution in [0.5, 0.6) is 0 Å². The third-order valence-electron chi connectivity index (χ3n) is 3.97. The number of rotatable bonds is 5. The van der Waals surface area contributed by atoms with Crippen molar-refractivity contribution in [1.29, 1.82) is 0 Å². The molecule has 1 aliphatic carbocycles. The van der Waals surface area contributed by atoms with Crippen LogP contribution in [-0.2, 0) is 9.53 Å². The van der Waals surface area contributed by atoms with Crippen molar-refractivity contribution in [1.82, 2.24) is 10.2 Å². The van der Waals surface area contributed by atoms with Gasteiger partial charge in [-0.25, -0.2) is 4.79 Å². The largest absolute Gasteiger partial charge is 0.467 e. The van der Waals surface area contributed by atoms with E-state index in [1.54, 1.807) is 6.20 Å². The fourth-order valence-corrected chi connectivity index (χ4v) is 2.80. The second-order valence-electron chi connectivity index (χ2n) is 5.37. The van der Waals surface area contributed by atoms with Gasteiger partial charge in [0.05, 0.1) is 19.3 Å². The Labute approximate surface area is 135 Å². The van der Waals surface area contributed by atoms with Crippen LogP contribution in [0.15, 0.2) is 60.8 Å². The Morgan fingerprint density at radius 1 is 1.26 bits per heavy atom. The summed E-state index contributed by atoms with van der Waals surface area (Å²) in [7, 11) is 1.41. The van der Waals surface area contributed by atoms with E-state index in [0.717, 1.165) is 16.9 Å². The second kappa shape index (κ2) is 6.52. The normalized spacial score (nSPS) is 14.9. The summed E-state index contributed by atoms with van der Waals surface area (Å²) in [6, 6.07) is 9.52. The minimum absolute atomic E-state index is 0.0213. The summed E-state index contributed by atoms with van der Waals surface area (Å²) >= 11 is 0. The molecule has 0 fully saturated rings. The zero-order valence-corrected chi connectivity index (χ0v) is 13.1. The highest BCUT2D eigenvalue weighted by Gasteiger charge is 2.30. The van der Waals surface area contributed by atoms with E-state index in [1.165, 1.54) is 7.11 Å². The Hall–Kier alpha value is -2.82. The van der Waals surface area contributed by atoms with E-state index in [-0.39, 0.29) is 12.0 Å². The Morgan fingerprint density at radius 3 is 2.61 bits per heavy atom. The van der Waals surface area contributed by atoms with Gasteiger partial charge in [-0.3, -0.25) is 5.10 Å². The molecule has 0 saturated heterocycles. The number of aromatic nitrogens is 2. The van der Waals surface area contributed by atoms with Gasteiger partial charge >= 0.3 is 5.97 Å². The van der Waals surface area contributed by atoms with Crippen LogP contribution in [-0.4, -0.2) is 35.4 Å². The van der Waals surface area contributed by atoms with E-state index in [0.29, 0.717) is 0 Å². The number of methoxy groups -OCH3 is 1. The van der Waals surface area contributed by atoms with E-state index in [9.17, 15) is 4.79 Å². The summed E-state index contributed by atoms with van der Waals surface area (Å²) in [5.41, 5.74) is 2.00. The van der Waals surface area contributed by atoms with Crippen molar-refractivity contribution in [3.63, 3.8) is 0 Å². The maximum atomic E-state index is 12.1. The molecule has 1 aromatic heterocycles. The highest BCUT2D eigenvalue weighted by molar-refractivity contribution is 5.84. The van der Waals surface area contributed by atoms with E-state index in [4.69, 9.17) is 4.74 Å². The number of hydrogen-bond acceptors (Lipinski definition) is 4. The summed E-state index contributed by atoms with van der Waals surface area (Å²) in [4.78, 5) is 14.1. The van der Waals surface area contributed by atoms with Gasteiger partial charge in [-0.15, -0.1) is 0 Å². The lowest BCUT2D eigenvalue weighted by Gasteiger charge is -2.32. The molecule has 118 valence electrons. The lowest BCUT2D eigenvalue weighted by molar-refractivity contribution is -0.141. The topological polar surface area (TPSA) is 58.2 Å². The first-order valence-electron chi connectivity index (χ1n) is 7.52. The van der Waals surface area contributed by atoms with E-state index in [1.807, 2.05) is 66.5 Å². The van der Waals surface area contributed by atoms with Crippen LogP contribution in [0.4, 0.5) is 5.82 Å². The highest BCUT2D eigenvalue weighted by atomic mass is 16.5. The first-order valence-corrected chi connectivity index (χ1v) is 7.52. The van der Waals surface area contributed by atoms with Gasteiger partial charge in [0, 0.05) is 5.56 Å². The zero-order chi connectivity index (χ0) is 16.2. The molecule has 1 heterocycles. The molecule has 0 saturated carbocycles. The van der Waals surface area contributed by atoms with Crippen molar-refractivity contribution >= 4 is 11.8 Å². The number of nitrogens with one attached hydrogen (secondary N) is 1. The minimum Gasteiger partial charge on any atom is -0.467 e. The summed E-state index contributed by atoms with van der Waals surface area (Å²) in [5.74, 6) is 0.516. The first-order chi connectivity index (χ1) is 11.2. The van der Waals surface area contributed by atoms with Crippen LogP contribution >= 0.6 is 0 Å². The number of ether oxygens (including phenoxy) is 1. The predicted molar refractivity (Wildman–Crippen MR) is 90.0 cm³/mol. The molecule has 0 amide bonds. The van der Waals surface area contributed by atoms with Crippen molar-refractivity contribution in [2.24, 2.45) is 0 Å². The molecule has 1 aliphatic rings. The van der Waals surface area contributed by atoms with Crippen LogP contribution in [0.2, 0.25) is 0 Å². The Morgan fingerprint density at radius 2 is 1.96 bits per heavy atom. The molecule has 3 rings (SSSR count). The van der Waals surface area contributed by atoms with E-state index < -0.39 is 6.04 Å². The maximum Gasteiger partial charge on any atom is 0.328 e. The van der Waals surface area contributed by atoms with Gasteiger partial charge in [0.1, 0.15) is 11.9 Å². The number of H-pyrrole nitrogens is 1. The summed E-state index contributed by atoms with van der Waals surface area (Å²) in [5, 5.41) is 7.23. The molecule has 0 bridgehead atoms. The number of aromatic amines is 1. The quantitative estimate of drug-likeness (QED) is 0.863. The van der Waals surface area contributed by atoms with Crippen LogP contribution in [0.25, 0.3) is 11.1 Å². The molecule has 0 radical (unpaired) electrons. The number of allylic oxidation sites excluding steroid dienone is 2. The predicted octanol–water partition coefficient (Wildman–Crippen LogP) is 2.94. The van der Waals surface area contributed by atoms with Crippen molar-refractivity contribution in [2.75, 3.05) is 12.0 Å². The second-order valence-corrected chi connectivity index (χ2v) is 5.37. The van der Waals surface area contributed by atoms with E-state index >= 15 is 0 Å². The summed E-state index contributed by atoms with van der Waals surface area (Å²) in [6.45, 7) is 1.83. The average molecular weight is 309 g/mol. The molecule has 23 heavy (non-hydrogen) atoms. The average Bonchev–Trinajstić information content (AvgIpc) is 3.27. The number of benzene rings is 1. The number of esters is 1. The van der Waals surface area contributed by atoms with Crippen LogP contribution in [0.3, 0.4) is 0 Å².